The Labute approximate surface area is 144 Å². The largest absolute Gasteiger partial charge is 0.497 e. The average Bonchev–Trinajstić information content (AvgIpc) is 2.59. The zero-order valence-corrected chi connectivity index (χ0v) is 15.3. The summed E-state index contributed by atoms with van der Waals surface area (Å²) in [6.07, 6.45) is 0.691. The fraction of sp³-hybridized carbons (Fsp3) is 0.562. The molecule has 24 heavy (non-hydrogen) atoms. The monoisotopic (exact) mass is 358 g/mol. The van der Waals surface area contributed by atoms with Gasteiger partial charge in [0.2, 0.25) is 15.9 Å². The summed E-state index contributed by atoms with van der Waals surface area (Å²) in [5, 5.41) is 2.70. The van der Waals surface area contributed by atoms with E-state index in [-0.39, 0.29) is 23.9 Å². The van der Waals surface area contributed by atoms with Gasteiger partial charge in [-0.3, -0.25) is 4.79 Å². The van der Waals surface area contributed by atoms with Crippen molar-refractivity contribution in [1.82, 2.24) is 9.62 Å². The van der Waals surface area contributed by atoms with E-state index in [9.17, 15) is 13.2 Å². The number of rotatable bonds is 11. The van der Waals surface area contributed by atoms with Gasteiger partial charge >= 0.3 is 0 Å². The molecule has 0 saturated carbocycles. The van der Waals surface area contributed by atoms with E-state index in [1.165, 1.54) is 19.2 Å². The number of likely N-dealkylation sites (N-methyl/N-ethyl adjacent to an activating group) is 1. The Balaban J connectivity index is 2.64. The molecule has 1 aromatic rings. The zero-order chi connectivity index (χ0) is 18.0. The molecule has 1 amide bonds. The lowest BCUT2D eigenvalue weighted by Gasteiger charge is -2.20. The van der Waals surface area contributed by atoms with Crippen LogP contribution >= 0.6 is 0 Å². The molecule has 1 aromatic carbocycles. The first-order valence-corrected chi connectivity index (χ1v) is 9.38. The van der Waals surface area contributed by atoms with Crippen molar-refractivity contribution in [3.05, 3.63) is 24.3 Å². The van der Waals surface area contributed by atoms with Crippen LogP contribution in [-0.4, -0.2) is 58.6 Å². The molecule has 0 unspecified atom stereocenters. The molecule has 0 fully saturated rings. The number of amides is 1. The summed E-state index contributed by atoms with van der Waals surface area (Å²) in [4.78, 5) is 12.1. The lowest BCUT2D eigenvalue weighted by Crippen LogP contribution is -2.40. The van der Waals surface area contributed by atoms with Crippen molar-refractivity contribution >= 4 is 15.9 Å². The molecular weight excluding hydrogens is 332 g/mol. The van der Waals surface area contributed by atoms with Crippen molar-refractivity contribution in [3.8, 4) is 5.75 Å². The van der Waals surface area contributed by atoms with Gasteiger partial charge in [-0.05, 0) is 37.6 Å². The van der Waals surface area contributed by atoms with Crippen molar-refractivity contribution in [2.24, 2.45) is 0 Å². The highest BCUT2D eigenvalue weighted by Gasteiger charge is 2.25. The Bertz CT molecular complexity index is 601. The molecule has 1 N–H and O–H groups in total. The highest BCUT2D eigenvalue weighted by Crippen LogP contribution is 2.19. The molecule has 0 aromatic heterocycles. The molecule has 0 heterocycles. The van der Waals surface area contributed by atoms with Crippen LogP contribution in [0.3, 0.4) is 0 Å². The summed E-state index contributed by atoms with van der Waals surface area (Å²) >= 11 is 0. The normalized spacial score (nSPS) is 11.5. The molecule has 0 atom stereocenters. The number of carbonyl (C=O) groups excluding carboxylic acids is 1. The van der Waals surface area contributed by atoms with Crippen LogP contribution < -0.4 is 10.1 Å². The topological polar surface area (TPSA) is 84.9 Å². The number of hydrogen-bond acceptors (Lipinski definition) is 5. The fourth-order valence-electron chi connectivity index (χ4n) is 2.03. The van der Waals surface area contributed by atoms with E-state index in [4.69, 9.17) is 9.47 Å². The third-order valence-corrected chi connectivity index (χ3v) is 5.30. The molecule has 0 saturated heterocycles. The van der Waals surface area contributed by atoms with E-state index in [2.05, 4.69) is 5.32 Å². The predicted octanol–water partition coefficient (Wildman–Crippen LogP) is 1.25. The molecule has 0 radical (unpaired) electrons. The highest BCUT2D eigenvalue weighted by molar-refractivity contribution is 7.89. The lowest BCUT2D eigenvalue weighted by atomic mass is 10.3. The van der Waals surface area contributed by atoms with Gasteiger partial charge in [-0.2, -0.15) is 4.31 Å². The number of benzene rings is 1. The number of hydrogen-bond donors (Lipinski definition) is 1. The van der Waals surface area contributed by atoms with Crippen molar-refractivity contribution in [3.63, 3.8) is 0 Å². The Morgan fingerprint density at radius 2 is 1.88 bits per heavy atom. The summed E-state index contributed by atoms with van der Waals surface area (Å²) in [7, 11) is -2.21. The number of sulfonamides is 1. The number of nitrogens with one attached hydrogen (secondary N) is 1. The predicted molar refractivity (Wildman–Crippen MR) is 91.5 cm³/mol. The summed E-state index contributed by atoms with van der Waals surface area (Å²) in [5.41, 5.74) is 0. The molecule has 8 heteroatoms. The number of ether oxygens (including phenoxy) is 2. The summed E-state index contributed by atoms with van der Waals surface area (Å²) in [5.74, 6) is 0.245. The smallest absolute Gasteiger partial charge is 0.243 e. The van der Waals surface area contributed by atoms with Gasteiger partial charge in [0.15, 0.2) is 0 Å². The Morgan fingerprint density at radius 1 is 1.21 bits per heavy atom. The quantitative estimate of drug-likeness (QED) is 0.602. The average molecular weight is 358 g/mol. The fourth-order valence-corrected chi connectivity index (χ4v) is 3.43. The van der Waals surface area contributed by atoms with Gasteiger partial charge in [0.25, 0.3) is 0 Å². The van der Waals surface area contributed by atoms with Crippen molar-refractivity contribution < 1.29 is 22.7 Å². The van der Waals surface area contributed by atoms with Crippen LogP contribution in [0.15, 0.2) is 29.2 Å². The van der Waals surface area contributed by atoms with E-state index in [0.717, 1.165) is 4.31 Å². The second kappa shape index (κ2) is 10.3. The van der Waals surface area contributed by atoms with Crippen molar-refractivity contribution in [2.75, 3.05) is 40.0 Å². The van der Waals surface area contributed by atoms with E-state index in [0.29, 0.717) is 31.9 Å². The van der Waals surface area contributed by atoms with E-state index >= 15 is 0 Å². The van der Waals surface area contributed by atoms with E-state index < -0.39 is 10.0 Å². The van der Waals surface area contributed by atoms with Gasteiger partial charge in [-0.25, -0.2) is 8.42 Å². The molecular formula is C16H26N2O5S. The molecule has 1 rings (SSSR count). The molecule has 136 valence electrons. The Morgan fingerprint density at radius 3 is 2.42 bits per heavy atom. The minimum atomic E-state index is -3.72. The summed E-state index contributed by atoms with van der Waals surface area (Å²) < 4.78 is 36.5. The minimum absolute atomic E-state index is 0.134. The maximum Gasteiger partial charge on any atom is 0.243 e. The van der Waals surface area contributed by atoms with Gasteiger partial charge < -0.3 is 14.8 Å². The van der Waals surface area contributed by atoms with Gasteiger partial charge in [-0.15, -0.1) is 0 Å². The standard InChI is InChI=1S/C16H26N2O5S/c1-4-18(13-16(19)17-11-6-12-23-5-2)24(20,21)15-9-7-14(22-3)8-10-15/h7-10H,4-6,11-13H2,1-3H3,(H,17,19). The Kier molecular flexibility index (Phi) is 8.73. The first kappa shape index (κ1) is 20.4. The molecule has 0 aliphatic carbocycles. The van der Waals surface area contributed by atoms with Crippen LogP contribution in [-0.2, 0) is 19.6 Å². The SMILES string of the molecule is CCOCCCNC(=O)CN(CC)S(=O)(=O)c1ccc(OC)cc1. The van der Waals surface area contributed by atoms with Gasteiger partial charge in [-0.1, -0.05) is 6.92 Å². The van der Waals surface area contributed by atoms with Crippen LogP contribution in [0.1, 0.15) is 20.3 Å². The van der Waals surface area contributed by atoms with Gasteiger partial charge in [0.1, 0.15) is 5.75 Å². The van der Waals surface area contributed by atoms with E-state index in [1.807, 2.05) is 6.92 Å². The number of carbonyl (C=O) groups is 1. The van der Waals surface area contributed by atoms with Crippen molar-refractivity contribution in [2.45, 2.75) is 25.2 Å². The number of nitrogens with zero attached hydrogens (tertiary/aromatic N) is 1. The van der Waals surface area contributed by atoms with E-state index in [1.54, 1.807) is 19.1 Å². The second-order valence-electron chi connectivity index (χ2n) is 5.01. The molecule has 0 bridgehead atoms. The third kappa shape index (κ3) is 6.10. The molecule has 0 aliphatic heterocycles. The van der Waals surface area contributed by atoms with Crippen LogP contribution in [0.25, 0.3) is 0 Å². The minimum Gasteiger partial charge on any atom is -0.497 e. The van der Waals surface area contributed by atoms with Crippen molar-refractivity contribution in [1.29, 1.82) is 0 Å². The first-order chi connectivity index (χ1) is 11.5. The molecule has 0 spiro atoms. The second-order valence-corrected chi connectivity index (χ2v) is 6.95. The first-order valence-electron chi connectivity index (χ1n) is 7.94. The maximum atomic E-state index is 12.6. The lowest BCUT2D eigenvalue weighted by molar-refractivity contribution is -0.121. The third-order valence-electron chi connectivity index (χ3n) is 3.36. The summed E-state index contributed by atoms with van der Waals surface area (Å²) in [6, 6.07) is 6.09. The van der Waals surface area contributed by atoms with Crippen LogP contribution in [0.2, 0.25) is 0 Å². The highest BCUT2D eigenvalue weighted by atomic mass is 32.2. The molecule has 0 aliphatic rings. The zero-order valence-electron chi connectivity index (χ0n) is 14.4. The number of methoxy groups -OCH3 is 1. The van der Waals surface area contributed by atoms with Gasteiger partial charge in [0.05, 0.1) is 18.6 Å². The maximum absolute atomic E-state index is 12.6. The summed E-state index contributed by atoms with van der Waals surface area (Å²) in [6.45, 7) is 5.26. The van der Waals surface area contributed by atoms with Crippen LogP contribution in [0, 0.1) is 0 Å². The Hall–Kier alpha value is -1.64. The van der Waals surface area contributed by atoms with Gasteiger partial charge in [0, 0.05) is 26.3 Å². The van der Waals surface area contributed by atoms with Crippen LogP contribution in [0.4, 0.5) is 0 Å². The molecule has 7 nitrogen and oxygen atoms in total. The van der Waals surface area contributed by atoms with Crippen LogP contribution in [0.5, 0.6) is 5.75 Å².